The van der Waals surface area contributed by atoms with Gasteiger partial charge in [-0.1, -0.05) is 18.2 Å². The third kappa shape index (κ3) is 3.36. The maximum Gasteiger partial charge on any atom is 0.253 e. The Bertz CT molecular complexity index is 869. The van der Waals surface area contributed by atoms with E-state index in [9.17, 15) is 9.59 Å². The van der Waals surface area contributed by atoms with Crippen LogP contribution in [0.2, 0.25) is 0 Å². The van der Waals surface area contributed by atoms with Gasteiger partial charge in [-0.25, -0.2) is 0 Å². The topological polar surface area (TPSA) is 40.6 Å². The Kier molecular flexibility index (Phi) is 5.09. The number of Topliss-reactive ketones (excluding diaryl/α,β-unsaturated/α-hetero) is 1. The molecule has 0 bridgehead atoms. The molecule has 0 aliphatic heterocycles. The molecule has 27 heavy (non-hydrogen) atoms. The maximum atomic E-state index is 13.5. The summed E-state index contributed by atoms with van der Waals surface area (Å²) in [6.45, 7) is 6.44. The summed E-state index contributed by atoms with van der Waals surface area (Å²) >= 11 is 0. The molecule has 2 aromatic rings. The number of hydrogen-bond donors (Lipinski definition) is 0. The molecule has 1 aliphatic carbocycles. The largest absolute Gasteiger partial charge is 0.361 e. The van der Waals surface area contributed by atoms with Crippen LogP contribution in [0.4, 0.5) is 5.69 Å². The summed E-state index contributed by atoms with van der Waals surface area (Å²) in [6.07, 6.45) is 1.71. The first kappa shape index (κ1) is 19.2. The fraction of sp³-hybridized carbons (Fsp3) is 0.391. The molecule has 0 heterocycles. The lowest BCUT2D eigenvalue weighted by Gasteiger charge is -2.30. The van der Waals surface area contributed by atoms with Gasteiger partial charge >= 0.3 is 0 Å². The Morgan fingerprint density at radius 2 is 1.52 bits per heavy atom. The van der Waals surface area contributed by atoms with Gasteiger partial charge in [-0.3, -0.25) is 9.59 Å². The zero-order chi connectivity index (χ0) is 19.8. The number of aryl methyl sites for hydroxylation is 2. The van der Waals surface area contributed by atoms with Gasteiger partial charge in [0.05, 0.1) is 0 Å². The number of nitrogens with zero attached hydrogens (tertiary/aromatic N) is 2. The molecular weight excluding hydrogens is 336 g/mol. The zero-order valence-electron chi connectivity index (χ0n) is 16.9. The van der Waals surface area contributed by atoms with Crippen molar-refractivity contribution in [3.63, 3.8) is 0 Å². The summed E-state index contributed by atoms with van der Waals surface area (Å²) in [5, 5.41) is 0. The van der Waals surface area contributed by atoms with Crippen LogP contribution in [0.3, 0.4) is 0 Å². The van der Waals surface area contributed by atoms with Gasteiger partial charge in [-0.2, -0.15) is 0 Å². The van der Waals surface area contributed by atoms with Crippen LogP contribution in [-0.2, 0) is 0 Å². The van der Waals surface area contributed by atoms with Crippen LogP contribution in [0.1, 0.15) is 51.6 Å². The molecule has 142 valence electrons. The fourth-order valence-corrected chi connectivity index (χ4v) is 3.62. The number of rotatable bonds is 6. The standard InChI is InChI=1S/C23H28N2O2/c1-6-24(4)22(27)20-15-16(2)19(14-17(20)3)21(26)23(12-13-23)25(5)18-10-8-7-9-11-18/h7-11,14-15H,6,12-13H2,1-5H3. The van der Waals surface area contributed by atoms with E-state index in [2.05, 4.69) is 4.90 Å². The number of amides is 1. The number of carbonyl (C=O) groups excluding carboxylic acids is 2. The van der Waals surface area contributed by atoms with E-state index in [1.165, 1.54) is 0 Å². The van der Waals surface area contributed by atoms with E-state index in [4.69, 9.17) is 0 Å². The van der Waals surface area contributed by atoms with Crippen LogP contribution in [0.5, 0.6) is 0 Å². The maximum absolute atomic E-state index is 13.5. The second-order valence-electron chi connectivity index (χ2n) is 7.56. The lowest BCUT2D eigenvalue weighted by molar-refractivity contribution is 0.0800. The molecule has 0 aromatic heterocycles. The first-order valence-electron chi connectivity index (χ1n) is 9.52. The van der Waals surface area contributed by atoms with Crippen LogP contribution in [0.25, 0.3) is 0 Å². The van der Waals surface area contributed by atoms with Gasteiger partial charge in [0.2, 0.25) is 0 Å². The SMILES string of the molecule is CCN(C)C(=O)c1cc(C)c(C(=O)C2(N(C)c3ccccc3)CC2)cc1C. The molecule has 1 fully saturated rings. The molecule has 0 atom stereocenters. The van der Waals surface area contributed by atoms with Gasteiger partial charge in [-0.05, 0) is 69.0 Å². The first-order valence-corrected chi connectivity index (χ1v) is 9.52. The molecule has 4 nitrogen and oxygen atoms in total. The summed E-state index contributed by atoms with van der Waals surface area (Å²) in [4.78, 5) is 29.8. The van der Waals surface area contributed by atoms with Crippen molar-refractivity contribution in [3.8, 4) is 0 Å². The van der Waals surface area contributed by atoms with E-state index in [-0.39, 0.29) is 11.7 Å². The smallest absolute Gasteiger partial charge is 0.253 e. The summed E-state index contributed by atoms with van der Waals surface area (Å²) in [5.41, 5.74) is 3.70. The van der Waals surface area contributed by atoms with Crippen molar-refractivity contribution in [1.82, 2.24) is 4.90 Å². The lowest BCUT2D eigenvalue weighted by atomic mass is 9.92. The molecule has 3 rings (SSSR count). The molecule has 1 amide bonds. The highest BCUT2D eigenvalue weighted by atomic mass is 16.2. The molecular formula is C23H28N2O2. The highest BCUT2D eigenvalue weighted by Gasteiger charge is 2.53. The number of carbonyl (C=O) groups is 2. The van der Waals surface area contributed by atoms with E-state index in [0.29, 0.717) is 12.1 Å². The third-order valence-corrected chi connectivity index (χ3v) is 5.80. The van der Waals surface area contributed by atoms with Gasteiger partial charge in [-0.15, -0.1) is 0 Å². The molecule has 0 unspecified atom stereocenters. The molecule has 1 saturated carbocycles. The fourth-order valence-electron chi connectivity index (χ4n) is 3.62. The van der Waals surface area contributed by atoms with Gasteiger partial charge in [0, 0.05) is 37.5 Å². The Morgan fingerprint density at radius 3 is 2.07 bits per heavy atom. The minimum atomic E-state index is -0.468. The zero-order valence-corrected chi connectivity index (χ0v) is 16.9. The highest BCUT2D eigenvalue weighted by Crippen LogP contribution is 2.46. The Balaban J connectivity index is 1.94. The number of benzene rings is 2. The summed E-state index contributed by atoms with van der Waals surface area (Å²) in [6, 6.07) is 13.8. The molecule has 0 radical (unpaired) electrons. The molecule has 0 saturated heterocycles. The highest BCUT2D eigenvalue weighted by molar-refractivity contribution is 6.09. The van der Waals surface area contributed by atoms with E-state index >= 15 is 0 Å². The second-order valence-corrected chi connectivity index (χ2v) is 7.56. The molecule has 0 spiro atoms. The number of hydrogen-bond acceptors (Lipinski definition) is 3. The van der Waals surface area contributed by atoms with E-state index in [1.54, 1.807) is 11.9 Å². The number of ketones is 1. The summed E-state index contributed by atoms with van der Waals surface area (Å²) < 4.78 is 0. The molecule has 4 heteroatoms. The molecule has 0 N–H and O–H groups in total. The Hall–Kier alpha value is -2.62. The van der Waals surface area contributed by atoms with Gasteiger partial charge in [0.25, 0.3) is 5.91 Å². The van der Waals surface area contributed by atoms with Crippen molar-refractivity contribution in [2.24, 2.45) is 0 Å². The predicted octanol–water partition coefficient (Wildman–Crippen LogP) is 4.25. The minimum absolute atomic E-state index is 0.000335. The third-order valence-electron chi connectivity index (χ3n) is 5.80. The quantitative estimate of drug-likeness (QED) is 0.720. The van der Waals surface area contributed by atoms with Crippen LogP contribution >= 0.6 is 0 Å². The summed E-state index contributed by atoms with van der Waals surface area (Å²) in [5.74, 6) is 0.150. The number of anilines is 1. The van der Waals surface area contributed by atoms with E-state index in [1.807, 2.05) is 70.3 Å². The molecule has 1 aliphatic rings. The van der Waals surface area contributed by atoms with Crippen LogP contribution in [0.15, 0.2) is 42.5 Å². The molecule has 2 aromatic carbocycles. The van der Waals surface area contributed by atoms with E-state index in [0.717, 1.165) is 35.2 Å². The predicted molar refractivity (Wildman–Crippen MR) is 110 cm³/mol. The Labute approximate surface area is 161 Å². The van der Waals surface area contributed by atoms with Crippen LogP contribution in [0, 0.1) is 13.8 Å². The average molecular weight is 364 g/mol. The van der Waals surface area contributed by atoms with Gasteiger partial charge in [0.1, 0.15) is 5.54 Å². The van der Waals surface area contributed by atoms with Crippen LogP contribution in [-0.4, -0.2) is 42.8 Å². The van der Waals surface area contributed by atoms with Crippen molar-refractivity contribution >= 4 is 17.4 Å². The first-order chi connectivity index (χ1) is 12.8. The average Bonchev–Trinajstić information content (AvgIpc) is 3.49. The van der Waals surface area contributed by atoms with Crippen molar-refractivity contribution < 1.29 is 9.59 Å². The van der Waals surface area contributed by atoms with Gasteiger partial charge < -0.3 is 9.80 Å². The van der Waals surface area contributed by atoms with Crippen molar-refractivity contribution in [1.29, 1.82) is 0 Å². The van der Waals surface area contributed by atoms with Crippen molar-refractivity contribution in [2.45, 2.75) is 39.2 Å². The van der Waals surface area contributed by atoms with Crippen LogP contribution < -0.4 is 4.90 Å². The normalized spacial score (nSPS) is 14.6. The summed E-state index contributed by atoms with van der Waals surface area (Å²) in [7, 11) is 3.79. The lowest BCUT2D eigenvalue weighted by Crippen LogP contribution is -2.41. The van der Waals surface area contributed by atoms with Crippen molar-refractivity contribution in [3.05, 3.63) is 64.7 Å². The number of para-hydroxylation sites is 1. The van der Waals surface area contributed by atoms with Crippen molar-refractivity contribution in [2.75, 3.05) is 25.5 Å². The van der Waals surface area contributed by atoms with Gasteiger partial charge in [0.15, 0.2) is 5.78 Å². The van der Waals surface area contributed by atoms with E-state index < -0.39 is 5.54 Å². The minimum Gasteiger partial charge on any atom is -0.361 e. The number of likely N-dealkylation sites (N-methyl/N-ethyl adjacent to an activating group) is 1. The Morgan fingerprint density at radius 1 is 0.963 bits per heavy atom. The monoisotopic (exact) mass is 364 g/mol. The second kappa shape index (κ2) is 7.18.